The highest BCUT2D eigenvalue weighted by Crippen LogP contribution is 2.17. The standard InChI is InChI=1S/C14H12BrIN2O/c1-2-18(13-8-5-11(15)9-17-13)14(19)10-3-6-12(16)7-4-10/h3-9H,2H2,1H3. The molecule has 0 unspecified atom stereocenters. The van der Waals surface area contributed by atoms with Gasteiger partial charge in [-0.1, -0.05) is 0 Å². The topological polar surface area (TPSA) is 33.2 Å². The lowest BCUT2D eigenvalue weighted by atomic mass is 10.2. The van der Waals surface area contributed by atoms with E-state index >= 15 is 0 Å². The zero-order valence-corrected chi connectivity index (χ0v) is 14.1. The van der Waals surface area contributed by atoms with E-state index in [0.29, 0.717) is 17.9 Å². The summed E-state index contributed by atoms with van der Waals surface area (Å²) in [5.41, 5.74) is 0.673. The Labute approximate surface area is 134 Å². The molecule has 0 radical (unpaired) electrons. The minimum Gasteiger partial charge on any atom is -0.293 e. The maximum Gasteiger partial charge on any atom is 0.259 e. The van der Waals surface area contributed by atoms with Gasteiger partial charge in [-0.25, -0.2) is 4.98 Å². The zero-order chi connectivity index (χ0) is 13.8. The predicted octanol–water partition coefficient (Wildman–Crippen LogP) is 4.12. The van der Waals surface area contributed by atoms with E-state index in [9.17, 15) is 4.79 Å². The van der Waals surface area contributed by atoms with E-state index in [1.807, 2.05) is 43.3 Å². The Hall–Kier alpha value is -0.950. The molecule has 0 aliphatic heterocycles. The Morgan fingerprint density at radius 3 is 2.47 bits per heavy atom. The lowest BCUT2D eigenvalue weighted by Gasteiger charge is -2.20. The van der Waals surface area contributed by atoms with Crippen LogP contribution in [0.15, 0.2) is 47.1 Å². The molecule has 0 saturated heterocycles. The summed E-state index contributed by atoms with van der Waals surface area (Å²) in [7, 11) is 0. The highest BCUT2D eigenvalue weighted by Gasteiger charge is 2.16. The number of hydrogen-bond donors (Lipinski definition) is 0. The van der Waals surface area contributed by atoms with Crippen molar-refractivity contribution in [1.29, 1.82) is 0 Å². The molecule has 5 heteroatoms. The van der Waals surface area contributed by atoms with Gasteiger partial charge in [0.15, 0.2) is 0 Å². The molecule has 0 aliphatic rings. The number of nitrogens with zero attached hydrogens (tertiary/aromatic N) is 2. The molecule has 0 N–H and O–H groups in total. The van der Waals surface area contributed by atoms with E-state index < -0.39 is 0 Å². The van der Waals surface area contributed by atoms with E-state index in [1.54, 1.807) is 11.1 Å². The number of aromatic nitrogens is 1. The molecule has 2 aromatic rings. The van der Waals surface area contributed by atoms with Crippen LogP contribution in [0.3, 0.4) is 0 Å². The molecule has 0 bridgehead atoms. The summed E-state index contributed by atoms with van der Waals surface area (Å²) in [6.07, 6.45) is 1.69. The van der Waals surface area contributed by atoms with Crippen molar-refractivity contribution in [3.8, 4) is 0 Å². The summed E-state index contributed by atoms with van der Waals surface area (Å²) in [5.74, 6) is 0.628. The lowest BCUT2D eigenvalue weighted by Crippen LogP contribution is -2.31. The Balaban J connectivity index is 2.29. The number of rotatable bonds is 3. The van der Waals surface area contributed by atoms with E-state index in [1.165, 1.54) is 0 Å². The highest BCUT2D eigenvalue weighted by atomic mass is 127. The molecular formula is C14H12BrIN2O. The third kappa shape index (κ3) is 3.54. The summed E-state index contributed by atoms with van der Waals surface area (Å²) < 4.78 is 2.01. The van der Waals surface area contributed by atoms with Gasteiger partial charge in [-0.05, 0) is 81.8 Å². The predicted molar refractivity (Wildman–Crippen MR) is 88.4 cm³/mol. The third-order valence-corrected chi connectivity index (χ3v) is 3.83. The first-order valence-corrected chi connectivity index (χ1v) is 7.68. The minimum absolute atomic E-state index is 0.0336. The van der Waals surface area contributed by atoms with Crippen LogP contribution in [0.5, 0.6) is 0 Å². The fraction of sp³-hybridized carbons (Fsp3) is 0.143. The van der Waals surface area contributed by atoms with Crippen molar-refractivity contribution >= 4 is 50.2 Å². The van der Waals surface area contributed by atoms with Gasteiger partial charge < -0.3 is 0 Å². The second-order valence-electron chi connectivity index (χ2n) is 3.89. The minimum atomic E-state index is -0.0336. The number of hydrogen-bond acceptors (Lipinski definition) is 2. The van der Waals surface area contributed by atoms with Crippen LogP contribution in [0.2, 0.25) is 0 Å². The second-order valence-corrected chi connectivity index (χ2v) is 6.05. The number of carbonyl (C=O) groups is 1. The molecule has 0 fully saturated rings. The molecule has 1 aromatic heterocycles. The molecule has 0 aliphatic carbocycles. The molecule has 19 heavy (non-hydrogen) atoms. The zero-order valence-electron chi connectivity index (χ0n) is 10.3. The highest BCUT2D eigenvalue weighted by molar-refractivity contribution is 14.1. The van der Waals surface area contributed by atoms with E-state index in [2.05, 4.69) is 43.5 Å². The van der Waals surface area contributed by atoms with E-state index in [-0.39, 0.29) is 5.91 Å². The van der Waals surface area contributed by atoms with Crippen LogP contribution in [0, 0.1) is 3.57 Å². The molecule has 0 atom stereocenters. The monoisotopic (exact) mass is 430 g/mol. The molecule has 1 heterocycles. The van der Waals surface area contributed by atoms with Crippen LogP contribution in [0.25, 0.3) is 0 Å². The van der Waals surface area contributed by atoms with Crippen molar-refractivity contribution in [2.75, 3.05) is 11.4 Å². The number of amides is 1. The average Bonchev–Trinajstić information content (AvgIpc) is 2.42. The van der Waals surface area contributed by atoms with Gasteiger partial charge in [-0.2, -0.15) is 0 Å². The van der Waals surface area contributed by atoms with Crippen LogP contribution in [-0.4, -0.2) is 17.4 Å². The van der Waals surface area contributed by atoms with Crippen LogP contribution >= 0.6 is 38.5 Å². The van der Waals surface area contributed by atoms with Gasteiger partial charge in [0.05, 0.1) is 0 Å². The smallest absolute Gasteiger partial charge is 0.259 e. The number of anilines is 1. The van der Waals surface area contributed by atoms with E-state index in [4.69, 9.17) is 0 Å². The summed E-state index contributed by atoms with van der Waals surface area (Å²) in [6.45, 7) is 2.52. The Kier molecular flexibility index (Phi) is 4.93. The van der Waals surface area contributed by atoms with Crippen molar-refractivity contribution in [2.45, 2.75) is 6.92 Å². The van der Waals surface area contributed by atoms with Gasteiger partial charge in [0.1, 0.15) is 5.82 Å². The maximum atomic E-state index is 12.4. The maximum absolute atomic E-state index is 12.4. The van der Waals surface area contributed by atoms with Crippen molar-refractivity contribution in [1.82, 2.24) is 4.98 Å². The molecule has 2 rings (SSSR count). The van der Waals surface area contributed by atoms with Gasteiger partial charge in [0.2, 0.25) is 0 Å². The second kappa shape index (κ2) is 6.47. The molecule has 1 amide bonds. The van der Waals surface area contributed by atoms with Gasteiger partial charge >= 0.3 is 0 Å². The third-order valence-electron chi connectivity index (χ3n) is 2.64. The molecule has 0 spiro atoms. The Morgan fingerprint density at radius 2 is 1.95 bits per heavy atom. The van der Waals surface area contributed by atoms with Crippen LogP contribution in [-0.2, 0) is 0 Å². The van der Waals surface area contributed by atoms with Gasteiger partial charge in [-0.15, -0.1) is 0 Å². The molecular weight excluding hydrogens is 419 g/mol. The normalized spacial score (nSPS) is 10.3. The fourth-order valence-corrected chi connectivity index (χ4v) is 2.28. The molecule has 0 saturated carbocycles. The van der Waals surface area contributed by atoms with E-state index in [0.717, 1.165) is 8.04 Å². The molecule has 3 nitrogen and oxygen atoms in total. The summed E-state index contributed by atoms with van der Waals surface area (Å²) in [6, 6.07) is 11.2. The van der Waals surface area contributed by atoms with Gasteiger partial charge in [-0.3, -0.25) is 9.69 Å². The van der Waals surface area contributed by atoms with Gasteiger partial charge in [0.25, 0.3) is 5.91 Å². The summed E-state index contributed by atoms with van der Waals surface area (Å²) in [4.78, 5) is 18.4. The lowest BCUT2D eigenvalue weighted by molar-refractivity contribution is 0.0987. The van der Waals surface area contributed by atoms with Crippen LogP contribution in [0.4, 0.5) is 5.82 Å². The Bertz CT molecular complexity index is 569. The molecule has 1 aromatic carbocycles. The summed E-state index contributed by atoms with van der Waals surface area (Å²) >= 11 is 5.56. The number of halogens is 2. The fourth-order valence-electron chi connectivity index (χ4n) is 1.69. The van der Waals surface area contributed by atoms with Crippen molar-refractivity contribution in [3.05, 3.63) is 56.2 Å². The van der Waals surface area contributed by atoms with Crippen LogP contribution < -0.4 is 4.90 Å². The van der Waals surface area contributed by atoms with Gasteiger partial charge in [0, 0.05) is 26.3 Å². The Morgan fingerprint density at radius 1 is 1.26 bits per heavy atom. The number of benzene rings is 1. The first-order valence-electron chi connectivity index (χ1n) is 5.81. The largest absolute Gasteiger partial charge is 0.293 e. The van der Waals surface area contributed by atoms with Crippen molar-refractivity contribution in [3.63, 3.8) is 0 Å². The van der Waals surface area contributed by atoms with Crippen LogP contribution in [0.1, 0.15) is 17.3 Å². The number of carbonyl (C=O) groups excluding carboxylic acids is 1. The number of pyridine rings is 1. The molecule has 98 valence electrons. The SMILES string of the molecule is CCN(C(=O)c1ccc(I)cc1)c1ccc(Br)cn1. The quantitative estimate of drug-likeness (QED) is 0.686. The summed E-state index contributed by atoms with van der Waals surface area (Å²) in [5, 5.41) is 0. The first-order chi connectivity index (χ1) is 9.11. The van der Waals surface area contributed by atoms with Crippen molar-refractivity contribution in [2.24, 2.45) is 0 Å². The average molecular weight is 431 g/mol. The van der Waals surface area contributed by atoms with Crippen molar-refractivity contribution < 1.29 is 4.79 Å². The first kappa shape index (κ1) is 14.5.